The molecule has 0 N–H and O–H groups in total. The van der Waals surface area contributed by atoms with Gasteiger partial charge < -0.3 is 18.4 Å². The maximum atomic E-state index is 13.3. The van der Waals surface area contributed by atoms with E-state index in [-0.39, 0.29) is 25.2 Å². The molecule has 0 radical (unpaired) electrons. The third-order valence-electron chi connectivity index (χ3n) is 4.66. The Kier molecular flexibility index (Phi) is 6.03. The molecule has 1 unspecified atom stereocenters. The Morgan fingerprint density at radius 3 is 2.33 bits per heavy atom. The van der Waals surface area contributed by atoms with Crippen LogP contribution in [0.1, 0.15) is 40.0 Å². The lowest BCUT2D eigenvalue weighted by atomic mass is 9.85. The first-order chi connectivity index (χ1) is 11.1. The zero-order valence-corrected chi connectivity index (χ0v) is 17.7. The van der Waals surface area contributed by atoms with Crippen molar-refractivity contribution in [2.24, 2.45) is 0 Å². The van der Waals surface area contributed by atoms with E-state index in [1.165, 1.54) is 0 Å². The van der Waals surface area contributed by atoms with Crippen LogP contribution >= 0.6 is 7.60 Å². The van der Waals surface area contributed by atoms with Crippen molar-refractivity contribution in [3.63, 3.8) is 0 Å². The molecule has 24 heavy (non-hydrogen) atoms. The number of amides is 1. The summed E-state index contributed by atoms with van der Waals surface area (Å²) in [6, 6.07) is 0.0599. The molecule has 2 heterocycles. The molecule has 0 aliphatic carbocycles. The molecule has 0 saturated carbocycles. The topological polar surface area (TPSA) is 65.1 Å². The van der Waals surface area contributed by atoms with Gasteiger partial charge in [0.25, 0.3) is 0 Å². The third-order valence-corrected chi connectivity index (χ3v) is 8.15. The smallest absolute Gasteiger partial charge is 0.343 e. The van der Waals surface area contributed by atoms with Crippen LogP contribution in [0.3, 0.4) is 0 Å². The summed E-state index contributed by atoms with van der Waals surface area (Å²) in [6.45, 7) is 13.3. The highest BCUT2D eigenvalue weighted by Gasteiger charge is 2.58. The molecule has 140 valence electrons. The van der Waals surface area contributed by atoms with E-state index in [0.29, 0.717) is 13.0 Å². The predicted octanol–water partition coefficient (Wildman–Crippen LogP) is 3.63. The second-order valence-electron chi connectivity index (χ2n) is 7.81. The molecule has 6 nitrogen and oxygen atoms in total. The van der Waals surface area contributed by atoms with E-state index in [2.05, 4.69) is 26.6 Å². The van der Waals surface area contributed by atoms with Crippen LogP contribution in [0.25, 0.3) is 0 Å². The molecule has 0 aromatic heterocycles. The van der Waals surface area contributed by atoms with Crippen molar-refractivity contribution in [1.82, 2.24) is 4.90 Å². The molecule has 0 bridgehead atoms. The van der Waals surface area contributed by atoms with Gasteiger partial charge in [0, 0.05) is 13.0 Å². The summed E-state index contributed by atoms with van der Waals surface area (Å²) >= 11 is 0. The van der Waals surface area contributed by atoms with Gasteiger partial charge in [0.15, 0.2) is 8.32 Å². The second kappa shape index (κ2) is 7.20. The van der Waals surface area contributed by atoms with E-state index in [1.54, 1.807) is 13.8 Å². The van der Waals surface area contributed by atoms with Crippen LogP contribution in [-0.4, -0.2) is 56.2 Å². The van der Waals surface area contributed by atoms with Gasteiger partial charge in [0.1, 0.15) is 5.66 Å². The summed E-state index contributed by atoms with van der Waals surface area (Å²) in [7, 11) is -5.34. The first-order valence-electron chi connectivity index (χ1n) is 8.96. The average molecular weight is 377 g/mol. The number of hydrogen-bond donors (Lipinski definition) is 0. The van der Waals surface area contributed by atoms with Crippen molar-refractivity contribution in [3.05, 3.63) is 0 Å². The van der Waals surface area contributed by atoms with Gasteiger partial charge in [0.2, 0.25) is 5.91 Å². The number of nitrogens with zero attached hydrogens (tertiary/aromatic N) is 1. The Morgan fingerprint density at radius 2 is 1.83 bits per heavy atom. The van der Waals surface area contributed by atoms with E-state index >= 15 is 0 Å². The summed E-state index contributed by atoms with van der Waals surface area (Å²) in [4.78, 5) is 14.9. The number of fused-ring (bicyclic) bond motifs is 1. The standard InChI is InChI=1S/C16H32NO5PSi/c1-7-20-23(19,21-8-2)13-12-16(3,22-24(4,5)6)14-10-9-11-17(14)15(13)18/h13-14H,7-12H2,1-6H3/t13?,14-,16+/m0/s1. The molecular formula is C16H32NO5PSi. The van der Waals surface area contributed by atoms with Gasteiger partial charge in [-0.25, -0.2) is 0 Å². The van der Waals surface area contributed by atoms with Gasteiger partial charge in [-0.2, -0.15) is 0 Å². The summed E-state index contributed by atoms with van der Waals surface area (Å²) in [5.74, 6) is -0.0978. The lowest BCUT2D eigenvalue weighted by Gasteiger charge is -2.50. The summed E-state index contributed by atoms with van der Waals surface area (Å²) in [5, 5.41) is 0. The number of hydrogen-bond acceptors (Lipinski definition) is 5. The molecule has 0 spiro atoms. The van der Waals surface area contributed by atoms with Gasteiger partial charge in [0.05, 0.1) is 24.9 Å². The number of carbonyl (C=O) groups is 1. The van der Waals surface area contributed by atoms with Crippen LogP contribution in [-0.2, 0) is 22.8 Å². The molecule has 2 saturated heterocycles. The van der Waals surface area contributed by atoms with E-state index in [9.17, 15) is 9.36 Å². The fraction of sp³-hybridized carbons (Fsp3) is 0.938. The van der Waals surface area contributed by atoms with Crippen molar-refractivity contribution in [1.29, 1.82) is 0 Å². The minimum absolute atomic E-state index is 0.0599. The lowest BCUT2D eigenvalue weighted by Crippen LogP contribution is -2.63. The molecule has 2 fully saturated rings. The fourth-order valence-corrected chi connectivity index (χ4v) is 7.87. The van der Waals surface area contributed by atoms with Crippen molar-refractivity contribution in [3.8, 4) is 0 Å². The monoisotopic (exact) mass is 377 g/mol. The molecule has 2 aliphatic heterocycles. The Morgan fingerprint density at radius 1 is 1.25 bits per heavy atom. The number of piperidine rings is 1. The minimum Gasteiger partial charge on any atom is -0.410 e. The van der Waals surface area contributed by atoms with Crippen molar-refractivity contribution in [2.45, 2.75) is 77.0 Å². The van der Waals surface area contributed by atoms with E-state index in [1.807, 2.05) is 4.90 Å². The SMILES string of the molecule is CCOP(=O)(OCC)C1C[C@@](C)(O[Si](C)(C)C)[C@@H]2CCCN2C1=O. The zero-order chi connectivity index (χ0) is 18.2. The van der Waals surface area contributed by atoms with Gasteiger partial charge >= 0.3 is 7.60 Å². The highest BCUT2D eigenvalue weighted by atomic mass is 31.2. The Bertz CT molecular complexity index is 513. The average Bonchev–Trinajstić information content (AvgIpc) is 2.92. The van der Waals surface area contributed by atoms with Crippen molar-refractivity contribution >= 4 is 21.8 Å². The molecule has 1 amide bonds. The Hall–Kier alpha value is -0.203. The molecule has 0 aromatic carbocycles. The van der Waals surface area contributed by atoms with Crippen LogP contribution in [0.2, 0.25) is 19.6 Å². The van der Waals surface area contributed by atoms with Crippen LogP contribution in [0.15, 0.2) is 0 Å². The third kappa shape index (κ3) is 3.96. The quantitative estimate of drug-likeness (QED) is 0.501. The minimum atomic E-state index is -3.50. The molecule has 0 aromatic rings. The normalized spacial score (nSPS) is 31.4. The maximum Gasteiger partial charge on any atom is 0.343 e. The lowest BCUT2D eigenvalue weighted by molar-refractivity contribution is -0.144. The van der Waals surface area contributed by atoms with Gasteiger partial charge in [-0.3, -0.25) is 9.36 Å². The molecule has 2 rings (SSSR count). The number of carbonyl (C=O) groups excluding carboxylic acids is 1. The highest BCUT2D eigenvalue weighted by molar-refractivity contribution is 7.55. The summed E-state index contributed by atoms with van der Waals surface area (Å²) in [6.07, 6.45) is 2.29. The molecule has 8 heteroatoms. The first kappa shape index (κ1) is 20.1. The predicted molar refractivity (Wildman–Crippen MR) is 96.8 cm³/mol. The first-order valence-corrected chi connectivity index (χ1v) is 14.0. The van der Waals surface area contributed by atoms with Crippen LogP contribution in [0, 0.1) is 0 Å². The zero-order valence-electron chi connectivity index (χ0n) is 15.8. The van der Waals surface area contributed by atoms with Crippen LogP contribution < -0.4 is 0 Å². The summed E-state index contributed by atoms with van der Waals surface area (Å²) in [5.41, 5.74) is -1.27. The van der Waals surface area contributed by atoms with Gasteiger partial charge in [-0.1, -0.05) is 0 Å². The van der Waals surface area contributed by atoms with E-state index in [0.717, 1.165) is 12.8 Å². The van der Waals surface area contributed by atoms with Crippen molar-refractivity contribution in [2.75, 3.05) is 19.8 Å². The van der Waals surface area contributed by atoms with Crippen LogP contribution in [0.4, 0.5) is 0 Å². The van der Waals surface area contributed by atoms with Crippen molar-refractivity contribution < 1.29 is 22.8 Å². The fourth-order valence-electron chi connectivity index (χ4n) is 4.10. The molecular weight excluding hydrogens is 345 g/mol. The largest absolute Gasteiger partial charge is 0.410 e. The van der Waals surface area contributed by atoms with Crippen LogP contribution in [0.5, 0.6) is 0 Å². The van der Waals surface area contributed by atoms with E-state index in [4.69, 9.17) is 13.5 Å². The highest BCUT2D eigenvalue weighted by Crippen LogP contribution is 2.59. The Labute approximate surface area is 146 Å². The van der Waals surface area contributed by atoms with E-state index < -0.39 is 27.2 Å². The van der Waals surface area contributed by atoms with Gasteiger partial charge in [-0.05, 0) is 53.3 Å². The maximum absolute atomic E-state index is 13.3. The number of rotatable bonds is 7. The molecule has 2 aliphatic rings. The van der Waals surface area contributed by atoms with Gasteiger partial charge in [-0.15, -0.1) is 0 Å². The Balaban J connectivity index is 2.39. The summed E-state index contributed by atoms with van der Waals surface area (Å²) < 4.78 is 30.8. The second-order valence-corrected chi connectivity index (χ2v) is 14.5. The molecule has 3 atom stereocenters.